The average molecular weight is 801 g/mol. The van der Waals surface area contributed by atoms with Gasteiger partial charge in [-0.05, 0) is 107 Å². The molecule has 2 unspecified atom stereocenters. The van der Waals surface area contributed by atoms with Gasteiger partial charge in [-0.3, -0.25) is 14.5 Å². The Hall–Kier alpha value is -4.37. The van der Waals surface area contributed by atoms with Crippen molar-refractivity contribution in [1.29, 1.82) is 0 Å². The van der Waals surface area contributed by atoms with Gasteiger partial charge in [0.1, 0.15) is 10.9 Å². The Kier molecular flexibility index (Phi) is 13.1. The predicted octanol–water partition coefficient (Wildman–Crippen LogP) is 13.0. The maximum Gasteiger partial charge on any atom is 0.323 e. The molecule has 0 aromatic heterocycles. The molecule has 1 saturated carbocycles. The van der Waals surface area contributed by atoms with Crippen molar-refractivity contribution in [2.45, 2.75) is 88.8 Å². The van der Waals surface area contributed by atoms with Gasteiger partial charge in [0.25, 0.3) is 5.91 Å². The monoisotopic (exact) mass is 800 g/mol. The third kappa shape index (κ3) is 9.77. The van der Waals surface area contributed by atoms with Gasteiger partial charge in [-0.2, -0.15) is 0 Å². The lowest BCUT2D eigenvalue weighted by molar-refractivity contribution is -0.140. The number of thiocarbonyl (C=S) groups is 1. The standard InChI is InChI=1S/C47H48N2O3S3.CH4/c1-31(2)26-27-47(3,4)55-38-23-18-35(19-24-38)15-13-33-10-8-32(9-11-33)12-14-34-16-21-37(22-17-34)49-41-7-5-6-39(41)40-28-36(20-25-42(40)49)29-43-45(52)48(30-44(50)51)46(53)54-43;/h8-25,28-29,31,39,41H,5-7,26-27,30H2,1-4H3,(H,50,51);1H4/b14-12?,15-13?,43-29-;. The van der Waals surface area contributed by atoms with Crippen LogP contribution in [0.3, 0.4) is 0 Å². The molecule has 8 heteroatoms. The minimum absolute atomic E-state index is 0. The zero-order valence-electron chi connectivity index (χ0n) is 31.9. The molecule has 1 amide bonds. The van der Waals surface area contributed by atoms with Crippen LogP contribution in [0.25, 0.3) is 30.4 Å². The second-order valence-corrected chi connectivity index (χ2v) is 19.2. The minimum Gasteiger partial charge on any atom is -0.480 e. The number of carbonyl (C=O) groups is 2. The molecule has 56 heavy (non-hydrogen) atoms. The van der Waals surface area contributed by atoms with Crippen LogP contribution >= 0.6 is 35.7 Å². The third-order valence-corrected chi connectivity index (χ3v) is 13.3. The number of rotatable bonds is 13. The minimum atomic E-state index is -1.08. The van der Waals surface area contributed by atoms with Gasteiger partial charge in [-0.15, -0.1) is 11.8 Å². The van der Waals surface area contributed by atoms with Crippen LogP contribution in [0.4, 0.5) is 11.4 Å². The van der Waals surface area contributed by atoms with Crippen molar-refractivity contribution in [3.8, 4) is 0 Å². The molecule has 2 atom stereocenters. The Morgan fingerprint density at radius 3 is 2.00 bits per heavy atom. The summed E-state index contributed by atoms with van der Waals surface area (Å²) < 4.78 is 0.520. The Morgan fingerprint density at radius 1 is 0.875 bits per heavy atom. The number of hydrogen-bond donors (Lipinski definition) is 1. The van der Waals surface area contributed by atoms with Crippen LogP contribution in [0.15, 0.2) is 101 Å². The second-order valence-electron chi connectivity index (χ2n) is 15.7. The van der Waals surface area contributed by atoms with E-state index in [-0.39, 0.29) is 22.4 Å². The molecule has 290 valence electrons. The topological polar surface area (TPSA) is 60.9 Å². The first kappa shape index (κ1) is 41.3. The first-order valence-corrected chi connectivity index (χ1v) is 21.2. The zero-order chi connectivity index (χ0) is 38.7. The molecular weight excluding hydrogens is 749 g/mol. The van der Waals surface area contributed by atoms with E-state index in [0.717, 1.165) is 52.1 Å². The van der Waals surface area contributed by atoms with E-state index in [2.05, 4.69) is 142 Å². The normalized spacial score (nSPS) is 18.8. The summed E-state index contributed by atoms with van der Waals surface area (Å²) in [7, 11) is 0. The summed E-state index contributed by atoms with van der Waals surface area (Å²) in [6, 6.07) is 33.2. The number of carbonyl (C=O) groups excluding carboxylic acids is 1. The number of fused-ring (bicyclic) bond motifs is 3. The van der Waals surface area contributed by atoms with E-state index in [1.807, 2.05) is 23.9 Å². The lowest BCUT2D eigenvalue weighted by atomic mass is 9.96. The lowest BCUT2D eigenvalue weighted by Gasteiger charge is -2.27. The van der Waals surface area contributed by atoms with Crippen LogP contribution in [0, 0.1) is 5.92 Å². The first-order chi connectivity index (χ1) is 26.4. The Morgan fingerprint density at radius 2 is 1.43 bits per heavy atom. The highest BCUT2D eigenvalue weighted by Gasteiger charge is 2.42. The maximum atomic E-state index is 12.9. The number of anilines is 2. The van der Waals surface area contributed by atoms with Crippen molar-refractivity contribution in [3.05, 3.63) is 129 Å². The van der Waals surface area contributed by atoms with Gasteiger partial charge in [-0.25, -0.2) is 0 Å². The molecule has 1 N–H and O–H groups in total. The SMILES string of the molecule is C.CC(C)CCC(C)(C)Sc1ccc(C=Cc2ccc(C=Cc3ccc(N4c5ccc(/C=C6\SC(=S)N(CC(=O)O)C6=O)cc5C5CCCC54)cc3)cc2)cc1. The van der Waals surface area contributed by atoms with Crippen molar-refractivity contribution in [2.24, 2.45) is 5.92 Å². The van der Waals surface area contributed by atoms with Crippen LogP contribution < -0.4 is 4.90 Å². The Balaban J connectivity index is 0.00000532. The first-order valence-electron chi connectivity index (χ1n) is 19.2. The molecule has 0 bridgehead atoms. The number of carboxylic acids is 1. The largest absolute Gasteiger partial charge is 0.480 e. The molecule has 5 nitrogen and oxygen atoms in total. The van der Waals surface area contributed by atoms with Crippen molar-refractivity contribution in [1.82, 2.24) is 4.90 Å². The Labute approximate surface area is 347 Å². The summed E-state index contributed by atoms with van der Waals surface area (Å²) in [5.74, 6) is -0.255. The molecule has 2 aliphatic heterocycles. The van der Waals surface area contributed by atoms with E-state index in [1.54, 1.807) is 0 Å². The molecule has 0 spiro atoms. The summed E-state index contributed by atoms with van der Waals surface area (Å²) in [4.78, 5) is 29.5. The third-order valence-electron chi connectivity index (χ3n) is 10.6. The van der Waals surface area contributed by atoms with E-state index >= 15 is 0 Å². The molecule has 1 saturated heterocycles. The van der Waals surface area contributed by atoms with Gasteiger partial charge in [-0.1, -0.05) is 144 Å². The molecule has 3 aliphatic rings. The van der Waals surface area contributed by atoms with Crippen molar-refractivity contribution >= 4 is 93.7 Å². The van der Waals surface area contributed by atoms with Crippen molar-refractivity contribution in [3.63, 3.8) is 0 Å². The highest BCUT2D eigenvalue weighted by atomic mass is 32.2. The molecule has 2 heterocycles. The van der Waals surface area contributed by atoms with Crippen LogP contribution in [-0.4, -0.2) is 43.5 Å². The molecular formula is C48H52N2O3S3. The zero-order valence-corrected chi connectivity index (χ0v) is 34.4. The van der Waals surface area contributed by atoms with Crippen LogP contribution in [-0.2, 0) is 9.59 Å². The summed E-state index contributed by atoms with van der Waals surface area (Å²) in [6.07, 6.45) is 16.5. The van der Waals surface area contributed by atoms with E-state index in [1.165, 1.54) is 52.2 Å². The van der Waals surface area contributed by atoms with Crippen LogP contribution in [0.2, 0.25) is 0 Å². The van der Waals surface area contributed by atoms with Crippen LogP contribution in [0.1, 0.15) is 107 Å². The van der Waals surface area contributed by atoms with E-state index in [0.29, 0.717) is 16.9 Å². The van der Waals surface area contributed by atoms with Gasteiger partial charge >= 0.3 is 5.97 Å². The predicted molar refractivity (Wildman–Crippen MR) is 244 cm³/mol. The number of thioether (sulfide) groups is 2. The van der Waals surface area contributed by atoms with E-state index < -0.39 is 12.5 Å². The summed E-state index contributed by atoms with van der Waals surface area (Å²) in [5, 5.41) is 9.19. The number of hydrogen-bond acceptors (Lipinski definition) is 6. The van der Waals surface area contributed by atoms with Gasteiger partial charge in [0.15, 0.2) is 0 Å². The van der Waals surface area contributed by atoms with Crippen LogP contribution in [0.5, 0.6) is 0 Å². The van der Waals surface area contributed by atoms with E-state index in [9.17, 15) is 14.7 Å². The average Bonchev–Trinajstić information content (AvgIpc) is 3.83. The van der Waals surface area contributed by atoms with Gasteiger partial charge in [0, 0.05) is 33.0 Å². The van der Waals surface area contributed by atoms with Crippen molar-refractivity contribution in [2.75, 3.05) is 11.4 Å². The van der Waals surface area contributed by atoms with E-state index in [4.69, 9.17) is 12.2 Å². The van der Waals surface area contributed by atoms with Crippen molar-refractivity contribution < 1.29 is 14.7 Å². The summed E-state index contributed by atoms with van der Waals surface area (Å²) in [5.41, 5.74) is 9.33. The number of carboxylic acid groups (broad SMARTS) is 1. The fraction of sp³-hybridized carbons (Fsp3) is 0.312. The molecule has 4 aromatic rings. The quantitative estimate of drug-likeness (QED) is 0.0625. The number of benzene rings is 4. The fourth-order valence-corrected chi connectivity index (χ4v) is 10.1. The second kappa shape index (κ2) is 17.8. The maximum absolute atomic E-state index is 12.9. The smallest absolute Gasteiger partial charge is 0.323 e. The van der Waals surface area contributed by atoms with Gasteiger partial charge in [0.05, 0.1) is 4.91 Å². The summed E-state index contributed by atoms with van der Waals surface area (Å²) in [6.45, 7) is 8.87. The highest BCUT2D eigenvalue weighted by Crippen LogP contribution is 2.52. The summed E-state index contributed by atoms with van der Waals surface area (Å²) >= 11 is 8.42. The number of nitrogens with zero attached hydrogens (tertiary/aromatic N) is 2. The number of amides is 1. The highest BCUT2D eigenvalue weighted by molar-refractivity contribution is 8.26. The molecule has 2 fully saturated rings. The number of aliphatic carboxylic acids is 1. The molecule has 4 aromatic carbocycles. The molecule has 0 radical (unpaired) electrons. The van der Waals surface area contributed by atoms with Gasteiger partial charge < -0.3 is 10.0 Å². The van der Waals surface area contributed by atoms with Gasteiger partial charge in [0.2, 0.25) is 0 Å². The lowest BCUT2D eigenvalue weighted by Crippen LogP contribution is -2.33. The molecule has 7 rings (SSSR count). The fourth-order valence-electron chi connectivity index (χ4n) is 7.73. The molecule has 1 aliphatic carbocycles. The Bertz CT molecular complexity index is 2150.